The van der Waals surface area contributed by atoms with Gasteiger partial charge in [-0.1, -0.05) is 42.5 Å². The molecular formula is C14H21ClN2. The number of nitrogens with one attached hydrogen (secondary N) is 1. The Morgan fingerprint density at radius 2 is 2.12 bits per heavy atom. The van der Waals surface area contributed by atoms with Crippen molar-refractivity contribution < 1.29 is 0 Å². The lowest BCUT2D eigenvalue weighted by atomic mass is 10.2. The second-order valence-corrected chi connectivity index (χ2v) is 4.43. The summed E-state index contributed by atoms with van der Waals surface area (Å²) in [5.41, 5.74) is 1.28. The minimum Gasteiger partial charge on any atom is -0.312 e. The molecule has 0 bridgehead atoms. The van der Waals surface area contributed by atoms with Gasteiger partial charge in [-0.3, -0.25) is 4.90 Å². The van der Waals surface area contributed by atoms with Gasteiger partial charge in [-0.25, -0.2) is 0 Å². The molecule has 2 nitrogen and oxygen atoms in total. The number of piperazine rings is 1. The standard InChI is InChI=1S/C14H20N2.ClH/c1-13-12-16(11-9-15-13)10-5-8-14-6-3-2-4-7-14;/h2-8,13,15H,9-12H2,1H3;1H/b8-5+;/t13-;/m0./s1. The third-order valence-electron chi connectivity index (χ3n) is 2.93. The highest BCUT2D eigenvalue weighted by molar-refractivity contribution is 5.85. The van der Waals surface area contributed by atoms with Crippen LogP contribution in [-0.4, -0.2) is 37.1 Å². The fourth-order valence-corrected chi connectivity index (χ4v) is 2.08. The van der Waals surface area contributed by atoms with Gasteiger partial charge < -0.3 is 5.32 Å². The molecule has 0 saturated carbocycles. The van der Waals surface area contributed by atoms with Gasteiger partial charge in [-0.15, -0.1) is 12.4 Å². The van der Waals surface area contributed by atoms with Crippen LogP contribution in [-0.2, 0) is 0 Å². The van der Waals surface area contributed by atoms with Crippen molar-refractivity contribution in [2.45, 2.75) is 13.0 Å². The van der Waals surface area contributed by atoms with E-state index < -0.39 is 0 Å². The van der Waals surface area contributed by atoms with E-state index in [4.69, 9.17) is 0 Å². The molecule has 1 fully saturated rings. The molecule has 1 aromatic carbocycles. The molecule has 94 valence electrons. The molecule has 0 spiro atoms. The maximum Gasteiger partial charge on any atom is 0.0167 e. The maximum atomic E-state index is 3.45. The highest BCUT2D eigenvalue weighted by Gasteiger charge is 2.13. The zero-order valence-electron chi connectivity index (χ0n) is 10.3. The van der Waals surface area contributed by atoms with Gasteiger partial charge in [0, 0.05) is 32.2 Å². The van der Waals surface area contributed by atoms with E-state index >= 15 is 0 Å². The molecule has 0 unspecified atom stereocenters. The zero-order valence-corrected chi connectivity index (χ0v) is 11.1. The Bertz CT molecular complexity index is 337. The van der Waals surface area contributed by atoms with E-state index in [0.29, 0.717) is 6.04 Å². The minimum atomic E-state index is 0. The van der Waals surface area contributed by atoms with Crippen molar-refractivity contribution >= 4 is 18.5 Å². The molecule has 3 heteroatoms. The second-order valence-electron chi connectivity index (χ2n) is 4.43. The fourth-order valence-electron chi connectivity index (χ4n) is 2.08. The normalized spacial score (nSPS) is 21.4. The summed E-state index contributed by atoms with van der Waals surface area (Å²) in [6.45, 7) is 6.72. The third-order valence-corrected chi connectivity index (χ3v) is 2.93. The van der Waals surface area contributed by atoms with Crippen LogP contribution >= 0.6 is 12.4 Å². The molecule has 0 amide bonds. The third kappa shape index (κ3) is 4.90. The first-order valence-electron chi connectivity index (χ1n) is 6.02. The molecule has 1 aliphatic heterocycles. The summed E-state index contributed by atoms with van der Waals surface area (Å²) in [7, 11) is 0. The van der Waals surface area contributed by atoms with Crippen LogP contribution < -0.4 is 5.32 Å². The average Bonchev–Trinajstić information content (AvgIpc) is 2.30. The SMILES string of the molecule is C[C@H]1CN(C/C=C/c2ccccc2)CCN1.Cl. The largest absolute Gasteiger partial charge is 0.312 e. The van der Waals surface area contributed by atoms with Gasteiger partial charge in [0.1, 0.15) is 0 Å². The predicted molar refractivity (Wildman–Crippen MR) is 76.6 cm³/mol. The summed E-state index contributed by atoms with van der Waals surface area (Å²) in [6, 6.07) is 11.1. The lowest BCUT2D eigenvalue weighted by Crippen LogP contribution is -2.49. The van der Waals surface area contributed by atoms with Gasteiger partial charge >= 0.3 is 0 Å². The molecule has 1 aromatic rings. The van der Waals surface area contributed by atoms with E-state index in [2.05, 4.69) is 59.6 Å². The summed E-state index contributed by atoms with van der Waals surface area (Å²) in [5.74, 6) is 0. The van der Waals surface area contributed by atoms with E-state index in [1.165, 1.54) is 5.56 Å². The van der Waals surface area contributed by atoms with Gasteiger partial charge in [0.25, 0.3) is 0 Å². The van der Waals surface area contributed by atoms with Gasteiger partial charge in [-0.05, 0) is 12.5 Å². The van der Waals surface area contributed by atoms with Gasteiger partial charge in [0.05, 0.1) is 0 Å². The number of hydrogen-bond acceptors (Lipinski definition) is 2. The van der Waals surface area contributed by atoms with Crippen molar-refractivity contribution in [2.75, 3.05) is 26.2 Å². The van der Waals surface area contributed by atoms with Crippen molar-refractivity contribution in [3.8, 4) is 0 Å². The highest BCUT2D eigenvalue weighted by atomic mass is 35.5. The zero-order chi connectivity index (χ0) is 11.2. The van der Waals surface area contributed by atoms with Gasteiger partial charge in [-0.2, -0.15) is 0 Å². The Balaban J connectivity index is 0.00000144. The van der Waals surface area contributed by atoms with Crippen molar-refractivity contribution in [3.05, 3.63) is 42.0 Å². The number of halogens is 1. The second kappa shape index (κ2) is 7.49. The maximum absolute atomic E-state index is 3.45. The summed E-state index contributed by atoms with van der Waals surface area (Å²) in [5, 5.41) is 3.45. The number of nitrogens with zero attached hydrogens (tertiary/aromatic N) is 1. The lowest BCUT2D eigenvalue weighted by Gasteiger charge is -2.30. The van der Waals surface area contributed by atoms with Crippen molar-refractivity contribution in [1.29, 1.82) is 0 Å². The number of rotatable bonds is 3. The molecule has 1 N–H and O–H groups in total. The molecule has 0 aromatic heterocycles. The summed E-state index contributed by atoms with van der Waals surface area (Å²) >= 11 is 0. The van der Waals surface area contributed by atoms with E-state index in [0.717, 1.165) is 26.2 Å². The average molecular weight is 253 g/mol. The fraction of sp³-hybridized carbons (Fsp3) is 0.429. The van der Waals surface area contributed by atoms with Crippen molar-refractivity contribution in [2.24, 2.45) is 0 Å². The van der Waals surface area contributed by atoms with E-state index in [-0.39, 0.29) is 12.4 Å². The Morgan fingerprint density at radius 1 is 1.35 bits per heavy atom. The van der Waals surface area contributed by atoms with Gasteiger partial charge in [0.2, 0.25) is 0 Å². The van der Waals surface area contributed by atoms with Crippen LogP contribution in [0.5, 0.6) is 0 Å². The molecule has 1 atom stereocenters. The first-order chi connectivity index (χ1) is 7.84. The van der Waals surface area contributed by atoms with Crippen molar-refractivity contribution in [1.82, 2.24) is 10.2 Å². The highest BCUT2D eigenvalue weighted by Crippen LogP contribution is 2.03. The van der Waals surface area contributed by atoms with Crippen molar-refractivity contribution in [3.63, 3.8) is 0 Å². The smallest absolute Gasteiger partial charge is 0.0167 e. The minimum absolute atomic E-state index is 0. The van der Waals surface area contributed by atoms with E-state index in [9.17, 15) is 0 Å². The van der Waals surface area contributed by atoms with Crippen LogP contribution in [0, 0.1) is 0 Å². The van der Waals surface area contributed by atoms with Crippen LogP contribution in [0.2, 0.25) is 0 Å². The molecule has 2 rings (SSSR count). The Labute approximate surface area is 110 Å². The Hall–Kier alpha value is -0.830. The molecule has 1 heterocycles. The molecule has 1 saturated heterocycles. The Kier molecular flexibility index (Phi) is 6.27. The number of hydrogen-bond donors (Lipinski definition) is 1. The van der Waals surface area contributed by atoms with Crippen LogP contribution in [0.15, 0.2) is 36.4 Å². The van der Waals surface area contributed by atoms with E-state index in [1.807, 2.05) is 0 Å². The monoisotopic (exact) mass is 252 g/mol. The molecule has 0 radical (unpaired) electrons. The molecule has 17 heavy (non-hydrogen) atoms. The molecule has 1 aliphatic rings. The van der Waals surface area contributed by atoms with E-state index in [1.54, 1.807) is 0 Å². The quantitative estimate of drug-likeness (QED) is 0.889. The van der Waals surface area contributed by atoms with Gasteiger partial charge in [0.15, 0.2) is 0 Å². The van der Waals surface area contributed by atoms with Crippen LogP contribution in [0.1, 0.15) is 12.5 Å². The summed E-state index contributed by atoms with van der Waals surface area (Å²) < 4.78 is 0. The lowest BCUT2D eigenvalue weighted by molar-refractivity contribution is 0.227. The Morgan fingerprint density at radius 3 is 2.82 bits per heavy atom. The molecular weight excluding hydrogens is 232 g/mol. The van der Waals surface area contributed by atoms with Crippen LogP contribution in [0.4, 0.5) is 0 Å². The topological polar surface area (TPSA) is 15.3 Å². The summed E-state index contributed by atoms with van der Waals surface area (Å²) in [4.78, 5) is 2.49. The first kappa shape index (κ1) is 14.2. The van der Waals surface area contributed by atoms with Crippen LogP contribution in [0.25, 0.3) is 6.08 Å². The number of benzene rings is 1. The molecule has 0 aliphatic carbocycles. The predicted octanol–water partition coefficient (Wildman–Crippen LogP) is 2.42. The first-order valence-corrected chi connectivity index (χ1v) is 6.02. The summed E-state index contributed by atoms with van der Waals surface area (Å²) in [6.07, 6.45) is 4.46. The van der Waals surface area contributed by atoms with Crippen LogP contribution in [0.3, 0.4) is 0 Å².